The van der Waals surface area contributed by atoms with E-state index in [1.165, 1.54) is 48.3 Å². The molecule has 1 aliphatic rings. The van der Waals surface area contributed by atoms with E-state index in [0.717, 1.165) is 77.8 Å². The van der Waals surface area contributed by atoms with Crippen LogP contribution in [-0.2, 0) is 10.8 Å². The summed E-state index contributed by atoms with van der Waals surface area (Å²) in [5.41, 5.74) is 17.2. The van der Waals surface area contributed by atoms with Crippen LogP contribution in [0.4, 0.5) is 27.8 Å². The van der Waals surface area contributed by atoms with Crippen molar-refractivity contribution in [3.8, 4) is 22.3 Å². The van der Waals surface area contributed by atoms with Crippen LogP contribution in [0.3, 0.4) is 0 Å². The Morgan fingerprint density at radius 1 is 0.516 bits per heavy atom. The molecule has 0 bridgehead atoms. The van der Waals surface area contributed by atoms with Crippen molar-refractivity contribution in [2.45, 2.75) is 52.4 Å². The fourth-order valence-electron chi connectivity index (χ4n) is 9.88. The fraction of sp³-hybridized carbons (Fsp3) is 0.138. The van der Waals surface area contributed by atoms with E-state index in [0.29, 0.717) is 7.28 Å². The smallest absolute Gasteiger partial charge is 0.200 e. The Kier molecular flexibility index (Phi) is 8.60. The Morgan fingerprint density at radius 2 is 1.14 bits per heavy atom. The lowest BCUT2D eigenvalue weighted by Gasteiger charge is -2.35. The first-order chi connectivity index (χ1) is 31.0. The Bertz CT molecular complexity index is 3640. The van der Waals surface area contributed by atoms with E-state index in [1.807, 2.05) is 11.3 Å². The molecule has 4 heterocycles. The molecule has 1 N–H and O–H groups in total. The summed E-state index contributed by atoms with van der Waals surface area (Å²) in [6.07, 6.45) is 0. The van der Waals surface area contributed by atoms with E-state index < -0.39 is 0 Å². The minimum atomic E-state index is -0.0501. The Hall–Kier alpha value is -7.02. The number of thiophene rings is 1. The Balaban J connectivity index is 1.22. The largest absolute Gasteiger partial charge is 0.455 e. The van der Waals surface area contributed by atoms with Gasteiger partial charge in [-0.1, -0.05) is 145 Å². The van der Waals surface area contributed by atoms with Gasteiger partial charge in [0.25, 0.3) is 0 Å². The van der Waals surface area contributed by atoms with Gasteiger partial charge in [-0.3, -0.25) is 4.90 Å². The van der Waals surface area contributed by atoms with Crippen molar-refractivity contribution in [1.29, 1.82) is 0 Å². The first kappa shape index (κ1) is 38.6. The van der Waals surface area contributed by atoms with Gasteiger partial charge in [-0.2, -0.15) is 0 Å². The standard InChI is InChI=1S/C58H47BN2O2S/c1-57(2,3)35-24-27-37(28-25-35)60-45-30-29-40-38-18-10-13-21-47(38)62-54(40)50(45)44-33-43-39-19-11-14-22-48(39)63-55(43)53-51(44)59-52-41-20-12-15-23-49(41)64-56(52)61(53)46-31-26-36(58(4,5)6)32-42(46)34-16-8-7-9-17-34/h7-33,59-60H,1-6H3. The quantitative estimate of drug-likeness (QED) is 0.175. The van der Waals surface area contributed by atoms with Crippen LogP contribution in [0.2, 0.25) is 0 Å². The first-order valence-electron chi connectivity index (χ1n) is 22.3. The molecule has 8 aromatic carbocycles. The summed E-state index contributed by atoms with van der Waals surface area (Å²) in [5.74, 6) is 0. The maximum Gasteiger partial charge on any atom is 0.200 e. The molecule has 1 aliphatic heterocycles. The maximum atomic E-state index is 7.13. The number of fused-ring (bicyclic) bond motifs is 11. The summed E-state index contributed by atoms with van der Waals surface area (Å²) in [5, 5.41) is 10.7. The number of nitrogens with zero attached hydrogens (tertiary/aromatic N) is 1. The first-order valence-corrected chi connectivity index (χ1v) is 23.1. The van der Waals surface area contributed by atoms with Crippen molar-refractivity contribution in [2.75, 3.05) is 10.2 Å². The highest BCUT2D eigenvalue weighted by molar-refractivity contribution is 7.25. The minimum Gasteiger partial charge on any atom is -0.455 e. The summed E-state index contributed by atoms with van der Waals surface area (Å²) in [6.45, 7) is 13.7. The SMILES string of the molecule is CC(C)(C)c1ccc(Nc2ccc3c(oc4ccccc43)c2-c2cc3c(oc4ccccc43)c3c2Bc2c(sc4ccccc24)N3c2ccc(C(C)(C)C)cc2-c2ccccc2)cc1. The van der Waals surface area contributed by atoms with E-state index in [2.05, 4.69) is 216 Å². The second kappa shape index (κ2) is 14.3. The summed E-state index contributed by atoms with van der Waals surface area (Å²) in [6, 6.07) is 59.5. The van der Waals surface area contributed by atoms with Gasteiger partial charge in [-0.15, -0.1) is 11.3 Å². The average Bonchev–Trinajstić information content (AvgIpc) is 3.99. The zero-order valence-electron chi connectivity index (χ0n) is 37.0. The summed E-state index contributed by atoms with van der Waals surface area (Å²) >= 11 is 1.86. The lowest BCUT2D eigenvalue weighted by atomic mass is 9.58. The van der Waals surface area contributed by atoms with Crippen molar-refractivity contribution in [2.24, 2.45) is 0 Å². The van der Waals surface area contributed by atoms with Crippen molar-refractivity contribution in [1.82, 2.24) is 0 Å². The summed E-state index contributed by atoms with van der Waals surface area (Å²) in [7, 11) is 0.713. The van der Waals surface area contributed by atoms with Gasteiger partial charge in [0.1, 0.15) is 16.7 Å². The Morgan fingerprint density at radius 3 is 1.86 bits per heavy atom. The molecule has 11 aromatic rings. The van der Waals surface area contributed by atoms with E-state index >= 15 is 0 Å². The van der Waals surface area contributed by atoms with Crippen LogP contribution in [0.25, 0.3) is 76.2 Å². The van der Waals surface area contributed by atoms with E-state index in [9.17, 15) is 0 Å². The number of hydrogen-bond donors (Lipinski definition) is 1. The van der Waals surface area contributed by atoms with Gasteiger partial charge < -0.3 is 14.2 Å². The zero-order valence-corrected chi connectivity index (χ0v) is 37.8. The molecule has 0 amide bonds. The molecule has 0 spiro atoms. The molecule has 0 fully saturated rings. The average molecular weight is 847 g/mol. The van der Waals surface area contributed by atoms with Crippen LogP contribution in [0.5, 0.6) is 0 Å². The van der Waals surface area contributed by atoms with Crippen LogP contribution < -0.4 is 21.1 Å². The number of anilines is 5. The van der Waals surface area contributed by atoms with E-state index in [1.54, 1.807) is 0 Å². The fourth-order valence-corrected chi connectivity index (χ4v) is 11.1. The number of furan rings is 2. The summed E-state index contributed by atoms with van der Waals surface area (Å²) < 4.78 is 15.4. The van der Waals surface area contributed by atoms with Crippen LogP contribution in [0.1, 0.15) is 52.7 Å². The number of nitrogens with one attached hydrogen (secondary N) is 1. The third-order valence-electron chi connectivity index (χ3n) is 13.2. The molecular weight excluding hydrogens is 800 g/mol. The third-order valence-corrected chi connectivity index (χ3v) is 14.4. The van der Waals surface area contributed by atoms with E-state index in [-0.39, 0.29) is 10.8 Å². The number of benzene rings is 8. The lowest BCUT2D eigenvalue weighted by Crippen LogP contribution is -2.40. The van der Waals surface area contributed by atoms with Gasteiger partial charge in [0.05, 0.1) is 22.1 Å². The van der Waals surface area contributed by atoms with Gasteiger partial charge >= 0.3 is 0 Å². The molecule has 0 aliphatic carbocycles. The highest BCUT2D eigenvalue weighted by atomic mass is 32.1. The normalized spacial score (nSPS) is 12.9. The molecule has 64 heavy (non-hydrogen) atoms. The third kappa shape index (κ3) is 6.11. The molecule has 6 heteroatoms. The lowest BCUT2D eigenvalue weighted by molar-refractivity contribution is 0.590. The van der Waals surface area contributed by atoms with Gasteiger partial charge in [0.2, 0.25) is 7.28 Å². The summed E-state index contributed by atoms with van der Waals surface area (Å²) in [4.78, 5) is 2.54. The van der Waals surface area contributed by atoms with Crippen LogP contribution in [-0.4, -0.2) is 7.28 Å². The van der Waals surface area contributed by atoms with Crippen molar-refractivity contribution >= 4 is 111 Å². The monoisotopic (exact) mass is 846 g/mol. The predicted molar refractivity (Wildman–Crippen MR) is 275 cm³/mol. The van der Waals surface area contributed by atoms with E-state index in [4.69, 9.17) is 8.83 Å². The predicted octanol–water partition coefficient (Wildman–Crippen LogP) is 15.5. The van der Waals surface area contributed by atoms with Gasteiger partial charge in [0.15, 0.2) is 5.58 Å². The zero-order chi connectivity index (χ0) is 43.5. The van der Waals surface area contributed by atoms with Gasteiger partial charge in [-0.25, -0.2) is 0 Å². The number of para-hydroxylation sites is 2. The number of hydrogen-bond acceptors (Lipinski definition) is 5. The van der Waals surface area contributed by atoms with Crippen LogP contribution >= 0.6 is 11.3 Å². The molecular formula is C58H47BN2O2S. The second-order valence-electron chi connectivity index (χ2n) is 19.4. The second-order valence-corrected chi connectivity index (χ2v) is 20.4. The molecule has 0 unspecified atom stereocenters. The van der Waals surface area contributed by atoms with Crippen molar-refractivity contribution in [3.05, 3.63) is 175 Å². The maximum absolute atomic E-state index is 7.13. The molecule has 0 saturated heterocycles. The minimum absolute atomic E-state index is 0.0444. The van der Waals surface area contributed by atoms with Crippen LogP contribution in [0.15, 0.2) is 173 Å². The van der Waals surface area contributed by atoms with Gasteiger partial charge in [0, 0.05) is 43.1 Å². The van der Waals surface area contributed by atoms with Crippen LogP contribution in [0, 0.1) is 0 Å². The number of rotatable bonds is 5. The Labute approximate surface area is 378 Å². The molecule has 0 atom stereocenters. The molecule has 4 nitrogen and oxygen atoms in total. The molecule has 0 saturated carbocycles. The van der Waals surface area contributed by atoms with Crippen molar-refractivity contribution < 1.29 is 8.83 Å². The van der Waals surface area contributed by atoms with Gasteiger partial charge in [-0.05, 0) is 110 Å². The molecule has 12 rings (SSSR count). The van der Waals surface area contributed by atoms with Crippen molar-refractivity contribution in [3.63, 3.8) is 0 Å². The molecule has 0 radical (unpaired) electrons. The highest BCUT2D eigenvalue weighted by Gasteiger charge is 2.37. The molecule has 3 aromatic heterocycles. The topological polar surface area (TPSA) is 41.6 Å². The molecule has 310 valence electrons. The highest BCUT2D eigenvalue weighted by Crippen LogP contribution is 2.52.